The van der Waals surface area contributed by atoms with Gasteiger partial charge in [-0.2, -0.15) is 0 Å². The van der Waals surface area contributed by atoms with E-state index in [-0.39, 0.29) is 17.7 Å². The number of rotatable bonds is 7. The Labute approximate surface area is 190 Å². The minimum Gasteiger partial charge on any atom is -0.369 e. The van der Waals surface area contributed by atoms with Crippen LogP contribution in [0.3, 0.4) is 0 Å². The zero-order valence-electron chi connectivity index (χ0n) is 18.6. The van der Waals surface area contributed by atoms with Crippen molar-refractivity contribution in [2.45, 2.75) is 19.4 Å². The van der Waals surface area contributed by atoms with Gasteiger partial charge in [0.25, 0.3) is 0 Å². The summed E-state index contributed by atoms with van der Waals surface area (Å²) in [7, 11) is 0. The van der Waals surface area contributed by atoms with Crippen LogP contribution in [0.2, 0.25) is 0 Å². The van der Waals surface area contributed by atoms with Crippen LogP contribution in [0.1, 0.15) is 18.4 Å². The van der Waals surface area contributed by atoms with Gasteiger partial charge in [-0.25, -0.2) is 0 Å². The fraction of sp³-hybridized carbons (Fsp3) is 0.440. The van der Waals surface area contributed by atoms with Crippen molar-refractivity contribution in [1.82, 2.24) is 9.80 Å². The summed E-state index contributed by atoms with van der Waals surface area (Å²) in [6.07, 6.45) is 1.46. The molecule has 32 heavy (non-hydrogen) atoms. The Morgan fingerprint density at radius 1 is 0.844 bits per heavy atom. The molecule has 7 nitrogen and oxygen atoms in total. The first-order valence-electron chi connectivity index (χ1n) is 11.5. The van der Waals surface area contributed by atoms with Crippen LogP contribution in [0.15, 0.2) is 54.6 Å². The van der Waals surface area contributed by atoms with Crippen molar-refractivity contribution in [3.05, 3.63) is 60.2 Å². The molecule has 2 aliphatic rings. The fourth-order valence-corrected chi connectivity index (χ4v) is 4.54. The second-order valence-electron chi connectivity index (χ2n) is 8.80. The lowest BCUT2D eigenvalue weighted by molar-refractivity contribution is -0.123. The van der Waals surface area contributed by atoms with Crippen molar-refractivity contribution < 1.29 is 9.59 Å². The van der Waals surface area contributed by atoms with E-state index in [2.05, 4.69) is 62.5 Å². The van der Waals surface area contributed by atoms with Crippen molar-refractivity contribution >= 4 is 23.2 Å². The maximum absolute atomic E-state index is 12.4. The van der Waals surface area contributed by atoms with Gasteiger partial charge in [0.2, 0.25) is 11.8 Å². The zero-order valence-corrected chi connectivity index (χ0v) is 18.6. The quantitative estimate of drug-likeness (QED) is 0.696. The molecule has 0 aromatic heterocycles. The number of likely N-dealkylation sites (tertiary alicyclic amines) is 1. The minimum atomic E-state index is -0.230. The van der Waals surface area contributed by atoms with Gasteiger partial charge < -0.3 is 16.0 Å². The van der Waals surface area contributed by atoms with E-state index in [1.807, 2.05) is 12.1 Å². The van der Waals surface area contributed by atoms with Gasteiger partial charge >= 0.3 is 0 Å². The van der Waals surface area contributed by atoms with Gasteiger partial charge in [-0.05, 0) is 55.8 Å². The first-order valence-corrected chi connectivity index (χ1v) is 11.5. The monoisotopic (exact) mass is 435 g/mol. The second kappa shape index (κ2) is 10.6. The predicted molar refractivity (Wildman–Crippen MR) is 127 cm³/mol. The van der Waals surface area contributed by atoms with E-state index in [4.69, 9.17) is 5.73 Å². The van der Waals surface area contributed by atoms with E-state index in [1.165, 1.54) is 11.3 Å². The molecule has 0 saturated carbocycles. The van der Waals surface area contributed by atoms with Crippen molar-refractivity contribution in [3.8, 4) is 0 Å². The van der Waals surface area contributed by atoms with Gasteiger partial charge in [0.05, 0.1) is 6.54 Å². The lowest BCUT2D eigenvalue weighted by atomic mass is 9.96. The number of benzene rings is 2. The number of piperidine rings is 1. The molecule has 170 valence electrons. The summed E-state index contributed by atoms with van der Waals surface area (Å²) in [6.45, 7) is 6.89. The Balaban J connectivity index is 1.20. The third-order valence-corrected chi connectivity index (χ3v) is 6.49. The molecule has 2 aromatic rings. The Kier molecular flexibility index (Phi) is 7.39. The molecule has 0 bridgehead atoms. The van der Waals surface area contributed by atoms with Crippen LogP contribution < -0.4 is 16.0 Å². The molecule has 0 radical (unpaired) electrons. The highest BCUT2D eigenvalue weighted by atomic mass is 16.2. The number of nitrogens with zero attached hydrogens (tertiary/aromatic N) is 3. The highest BCUT2D eigenvalue weighted by Gasteiger charge is 2.24. The number of hydrogen-bond acceptors (Lipinski definition) is 5. The lowest BCUT2D eigenvalue weighted by Gasteiger charge is -2.36. The number of nitrogens with two attached hydrogens (primary N) is 1. The molecular weight excluding hydrogens is 402 g/mol. The predicted octanol–water partition coefficient (Wildman–Crippen LogP) is 2.14. The smallest absolute Gasteiger partial charge is 0.238 e. The molecule has 0 spiro atoms. The first-order chi connectivity index (χ1) is 15.6. The molecule has 2 heterocycles. The first kappa shape index (κ1) is 22.3. The van der Waals surface area contributed by atoms with Gasteiger partial charge in [0.1, 0.15) is 0 Å². The Morgan fingerprint density at radius 3 is 2.12 bits per heavy atom. The third-order valence-electron chi connectivity index (χ3n) is 6.49. The van der Waals surface area contributed by atoms with Gasteiger partial charge in [-0.1, -0.05) is 30.3 Å². The second-order valence-corrected chi connectivity index (χ2v) is 8.80. The number of amides is 2. The minimum absolute atomic E-state index is 0.0233. The molecule has 0 atom stereocenters. The number of anilines is 2. The standard InChI is InChI=1S/C25H33N5O2/c26-25(32)21-10-12-28(13-11-21)19-24(31)27-22-6-8-23(9-7-22)30-16-14-29(15-17-30)18-20-4-2-1-3-5-20/h1-9,21H,10-19H2,(H2,26,32)(H,27,31). The number of piperazine rings is 1. The Bertz CT molecular complexity index is 886. The van der Waals surface area contributed by atoms with Gasteiger partial charge in [-0.15, -0.1) is 0 Å². The number of primary amides is 1. The highest BCUT2D eigenvalue weighted by Crippen LogP contribution is 2.21. The van der Waals surface area contributed by atoms with Crippen molar-refractivity contribution in [3.63, 3.8) is 0 Å². The van der Waals surface area contributed by atoms with E-state index < -0.39 is 0 Å². The van der Waals surface area contributed by atoms with E-state index >= 15 is 0 Å². The van der Waals surface area contributed by atoms with Crippen LogP contribution in [0.4, 0.5) is 11.4 Å². The maximum Gasteiger partial charge on any atom is 0.238 e. The van der Waals surface area contributed by atoms with E-state index in [0.29, 0.717) is 6.54 Å². The number of carbonyl (C=O) groups excluding carboxylic acids is 2. The van der Waals surface area contributed by atoms with Crippen LogP contribution in [-0.4, -0.2) is 67.4 Å². The molecule has 2 aromatic carbocycles. The van der Waals surface area contributed by atoms with E-state index in [0.717, 1.165) is 64.3 Å². The molecule has 2 amide bonds. The zero-order chi connectivity index (χ0) is 22.3. The van der Waals surface area contributed by atoms with Crippen LogP contribution in [0.25, 0.3) is 0 Å². The van der Waals surface area contributed by atoms with Crippen LogP contribution >= 0.6 is 0 Å². The Hall–Kier alpha value is -2.90. The molecule has 2 fully saturated rings. The highest BCUT2D eigenvalue weighted by molar-refractivity contribution is 5.92. The maximum atomic E-state index is 12.4. The van der Waals surface area contributed by atoms with Crippen LogP contribution in [0, 0.1) is 5.92 Å². The van der Waals surface area contributed by atoms with Crippen LogP contribution in [-0.2, 0) is 16.1 Å². The SMILES string of the molecule is NC(=O)C1CCN(CC(=O)Nc2ccc(N3CCN(Cc4ccccc4)CC3)cc2)CC1. The summed E-state index contributed by atoms with van der Waals surface area (Å²) in [4.78, 5) is 30.7. The molecule has 0 aliphatic carbocycles. The van der Waals surface area contributed by atoms with E-state index in [9.17, 15) is 9.59 Å². The number of nitrogens with one attached hydrogen (secondary N) is 1. The summed E-state index contributed by atoms with van der Waals surface area (Å²) in [5.41, 5.74) is 8.74. The van der Waals surface area contributed by atoms with Crippen LogP contribution in [0.5, 0.6) is 0 Å². The summed E-state index contributed by atoms with van der Waals surface area (Å²) in [6, 6.07) is 18.7. The molecule has 3 N–H and O–H groups in total. The van der Waals surface area contributed by atoms with Gasteiger partial charge in [0.15, 0.2) is 0 Å². The average Bonchev–Trinajstić information content (AvgIpc) is 2.81. The van der Waals surface area contributed by atoms with Crippen molar-refractivity contribution in [1.29, 1.82) is 0 Å². The molecule has 4 rings (SSSR count). The van der Waals surface area contributed by atoms with E-state index in [1.54, 1.807) is 0 Å². The molecule has 0 unspecified atom stereocenters. The topological polar surface area (TPSA) is 81.9 Å². The average molecular weight is 436 g/mol. The Morgan fingerprint density at radius 2 is 1.50 bits per heavy atom. The summed E-state index contributed by atoms with van der Waals surface area (Å²) in [5.74, 6) is -0.307. The molecule has 7 heteroatoms. The normalized spacial score (nSPS) is 18.4. The van der Waals surface area contributed by atoms with Crippen molar-refractivity contribution in [2.24, 2.45) is 11.7 Å². The third kappa shape index (κ3) is 6.08. The van der Waals surface area contributed by atoms with Crippen molar-refractivity contribution in [2.75, 3.05) is 56.0 Å². The summed E-state index contributed by atoms with van der Waals surface area (Å²) < 4.78 is 0. The van der Waals surface area contributed by atoms with Gasteiger partial charge in [-0.3, -0.25) is 19.4 Å². The summed E-state index contributed by atoms with van der Waals surface area (Å²) >= 11 is 0. The molecule has 2 saturated heterocycles. The van der Waals surface area contributed by atoms with Gasteiger partial charge in [0, 0.05) is 50.0 Å². The number of hydrogen-bond donors (Lipinski definition) is 2. The fourth-order valence-electron chi connectivity index (χ4n) is 4.54. The number of carbonyl (C=O) groups is 2. The lowest BCUT2D eigenvalue weighted by Crippen LogP contribution is -2.45. The molecular formula is C25H33N5O2. The largest absolute Gasteiger partial charge is 0.369 e. The summed E-state index contributed by atoms with van der Waals surface area (Å²) in [5, 5.41) is 2.99. The molecule has 2 aliphatic heterocycles.